The van der Waals surface area contributed by atoms with Crippen LogP contribution in [-0.2, 0) is 0 Å². The fourth-order valence-corrected chi connectivity index (χ4v) is 1.38. The molecule has 1 aromatic heterocycles. The normalized spacial score (nSPS) is 10.0. The van der Waals surface area contributed by atoms with Crippen LogP contribution in [0.2, 0.25) is 0 Å². The summed E-state index contributed by atoms with van der Waals surface area (Å²) >= 11 is 0. The van der Waals surface area contributed by atoms with Gasteiger partial charge in [0, 0.05) is 11.6 Å². The van der Waals surface area contributed by atoms with Crippen molar-refractivity contribution < 1.29 is 4.79 Å². The Labute approximate surface area is 91.8 Å². The first-order chi connectivity index (χ1) is 7.66. The first-order valence-corrected chi connectivity index (χ1v) is 4.65. The fourth-order valence-electron chi connectivity index (χ4n) is 1.38. The number of guanidine groups is 1. The Bertz CT molecular complexity index is 573. The van der Waals surface area contributed by atoms with Gasteiger partial charge in [0.05, 0.1) is 0 Å². The molecule has 1 aromatic carbocycles. The summed E-state index contributed by atoms with van der Waals surface area (Å²) in [6.45, 7) is 0. The van der Waals surface area contributed by atoms with Gasteiger partial charge in [0.2, 0.25) is 0 Å². The highest BCUT2D eigenvalue weighted by atomic mass is 16.1. The maximum Gasteiger partial charge on any atom is 0.298 e. The smallest absolute Gasteiger partial charge is 0.298 e. The van der Waals surface area contributed by atoms with E-state index in [1.165, 1.54) is 0 Å². The molecule has 1 amide bonds. The van der Waals surface area contributed by atoms with Crippen molar-refractivity contribution in [1.29, 1.82) is 0 Å². The van der Waals surface area contributed by atoms with E-state index in [0.29, 0.717) is 0 Å². The van der Waals surface area contributed by atoms with Crippen molar-refractivity contribution in [1.82, 2.24) is 4.98 Å². The molecule has 0 saturated heterocycles. The van der Waals surface area contributed by atoms with E-state index in [4.69, 9.17) is 11.5 Å². The van der Waals surface area contributed by atoms with E-state index in [0.717, 1.165) is 10.8 Å². The molecule has 5 nitrogen and oxygen atoms in total. The molecule has 0 saturated carbocycles. The quantitative estimate of drug-likeness (QED) is 0.538. The molecule has 1 heterocycles. The van der Waals surface area contributed by atoms with Crippen LogP contribution in [0.5, 0.6) is 0 Å². The van der Waals surface area contributed by atoms with E-state index in [-0.39, 0.29) is 11.7 Å². The number of hydrogen-bond acceptors (Lipinski definition) is 2. The Morgan fingerprint density at radius 1 is 1.19 bits per heavy atom. The molecule has 0 aliphatic carbocycles. The van der Waals surface area contributed by atoms with Gasteiger partial charge in [0.15, 0.2) is 5.96 Å². The van der Waals surface area contributed by atoms with Gasteiger partial charge in [-0.2, -0.15) is 4.99 Å². The van der Waals surface area contributed by atoms with Gasteiger partial charge in [-0.15, -0.1) is 0 Å². The van der Waals surface area contributed by atoms with Crippen molar-refractivity contribution in [2.45, 2.75) is 0 Å². The Hall–Kier alpha value is -2.43. The van der Waals surface area contributed by atoms with E-state index >= 15 is 0 Å². The lowest BCUT2D eigenvalue weighted by Gasteiger charge is -1.99. The zero-order chi connectivity index (χ0) is 11.5. The summed E-state index contributed by atoms with van der Waals surface area (Å²) < 4.78 is 0. The summed E-state index contributed by atoms with van der Waals surface area (Å²) in [4.78, 5) is 18.9. The number of hydrogen-bond donors (Lipinski definition) is 2. The summed E-state index contributed by atoms with van der Waals surface area (Å²) in [6, 6.07) is 9.25. The van der Waals surface area contributed by atoms with Crippen LogP contribution in [0.3, 0.4) is 0 Å². The maximum absolute atomic E-state index is 11.5. The van der Waals surface area contributed by atoms with Crippen molar-refractivity contribution >= 4 is 22.6 Å². The number of nitrogens with zero attached hydrogens (tertiary/aromatic N) is 2. The molecule has 0 fully saturated rings. The van der Waals surface area contributed by atoms with E-state index in [1.807, 2.05) is 24.3 Å². The fraction of sp³-hybridized carbons (Fsp3) is 0. The molecule has 4 N–H and O–H groups in total. The predicted molar refractivity (Wildman–Crippen MR) is 61.9 cm³/mol. The van der Waals surface area contributed by atoms with Gasteiger partial charge in [-0.05, 0) is 11.5 Å². The number of aliphatic imine (C=N–C) groups is 1. The van der Waals surface area contributed by atoms with Gasteiger partial charge in [-0.1, -0.05) is 24.3 Å². The van der Waals surface area contributed by atoms with Crippen molar-refractivity contribution in [3.63, 3.8) is 0 Å². The first-order valence-electron chi connectivity index (χ1n) is 4.65. The van der Waals surface area contributed by atoms with Crippen LogP contribution in [0.25, 0.3) is 10.8 Å². The topological polar surface area (TPSA) is 94.4 Å². The molecule has 5 heteroatoms. The summed E-state index contributed by atoms with van der Waals surface area (Å²) in [6.07, 6.45) is 1.62. The molecule has 0 radical (unpaired) electrons. The van der Waals surface area contributed by atoms with E-state index in [2.05, 4.69) is 9.98 Å². The molecule has 0 spiro atoms. The van der Waals surface area contributed by atoms with Gasteiger partial charge in [-0.3, -0.25) is 9.78 Å². The second-order valence-corrected chi connectivity index (χ2v) is 3.26. The molecule has 80 valence electrons. The molecule has 16 heavy (non-hydrogen) atoms. The number of amides is 1. The number of carbonyl (C=O) groups is 1. The molecule has 0 unspecified atom stereocenters. The third-order valence-electron chi connectivity index (χ3n) is 2.08. The summed E-state index contributed by atoms with van der Waals surface area (Å²) in [5.74, 6) is -0.800. The van der Waals surface area contributed by atoms with Gasteiger partial charge < -0.3 is 11.5 Å². The molecule has 0 bridgehead atoms. The van der Waals surface area contributed by atoms with Gasteiger partial charge in [0.25, 0.3) is 5.91 Å². The zero-order valence-electron chi connectivity index (χ0n) is 8.42. The van der Waals surface area contributed by atoms with Crippen molar-refractivity contribution in [2.75, 3.05) is 0 Å². The third-order valence-corrected chi connectivity index (χ3v) is 2.08. The minimum Gasteiger partial charge on any atom is -0.370 e. The number of nitrogens with two attached hydrogens (primary N) is 2. The lowest BCUT2D eigenvalue weighted by molar-refractivity contribution is 0.0998. The van der Waals surface area contributed by atoms with Gasteiger partial charge >= 0.3 is 0 Å². The molecular formula is C11H10N4O. The van der Waals surface area contributed by atoms with Crippen LogP contribution in [0, 0.1) is 0 Å². The maximum atomic E-state index is 11.5. The summed E-state index contributed by atoms with van der Waals surface area (Å²) in [7, 11) is 0. The Balaban J connectivity index is 2.47. The molecular weight excluding hydrogens is 204 g/mol. The third kappa shape index (κ3) is 1.98. The lowest BCUT2D eigenvalue weighted by atomic mass is 10.1. The van der Waals surface area contributed by atoms with E-state index in [9.17, 15) is 4.79 Å². The monoisotopic (exact) mass is 214 g/mol. The number of rotatable bonds is 1. The number of carbonyl (C=O) groups excluding carboxylic acids is 1. The molecule has 0 aliphatic heterocycles. The number of benzene rings is 1. The van der Waals surface area contributed by atoms with Crippen LogP contribution in [0.4, 0.5) is 0 Å². The second kappa shape index (κ2) is 3.98. The van der Waals surface area contributed by atoms with E-state index < -0.39 is 5.91 Å². The van der Waals surface area contributed by atoms with Crippen LogP contribution in [-0.4, -0.2) is 16.9 Å². The van der Waals surface area contributed by atoms with Crippen LogP contribution < -0.4 is 11.5 Å². The van der Waals surface area contributed by atoms with Crippen molar-refractivity contribution in [3.8, 4) is 0 Å². The average molecular weight is 214 g/mol. The standard InChI is InChI=1S/C11H10N4O/c12-11(13)15-10(16)9-5-7-3-1-2-4-8(7)6-14-9/h1-6H,(H4,12,13,15,16). The highest BCUT2D eigenvalue weighted by Crippen LogP contribution is 2.13. The highest BCUT2D eigenvalue weighted by Gasteiger charge is 2.06. The zero-order valence-corrected chi connectivity index (χ0v) is 8.42. The second-order valence-electron chi connectivity index (χ2n) is 3.26. The van der Waals surface area contributed by atoms with Gasteiger partial charge in [-0.25, -0.2) is 0 Å². The minimum atomic E-state index is -0.536. The lowest BCUT2D eigenvalue weighted by Crippen LogP contribution is -2.24. The predicted octanol–water partition coefficient (Wildman–Crippen LogP) is 0.648. The number of fused-ring (bicyclic) bond motifs is 1. The SMILES string of the molecule is NC(N)=NC(=O)c1cc2ccccc2cn1. The van der Waals surface area contributed by atoms with Crippen LogP contribution in [0.15, 0.2) is 41.5 Å². The van der Waals surface area contributed by atoms with E-state index in [1.54, 1.807) is 12.3 Å². The molecule has 2 rings (SSSR count). The molecule has 2 aromatic rings. The van der Waals surface area contributed by atoms with Crippen LogP contribution >= 0.6 is 0 Å². The summed E-state index contributed by atoms with van der Waals surface area (Å²) in [5.41, 5.74) is 10.5. The number of aromatic nitrogens is 1. The number of pyridine rings is 1. The molecule has 0 atom stereocenters. The van der Waals surface area contributed by atoms with Crippen molar-refractivity contribution in [3.05, 3.63) is 42.2 Å². The highest BCUT2D eigenvalue weighted by molar-refractivity contribution is 6.02. The van der Waals surface area contributed by atoms with Gasteiger partial charge in [0.1, 0.15) is 5.69 Å². The molecule has 0 aliphatic rings. The summed E-state index contributed by atoms with van der Waals surface area (Å²) in [5, 5.41) is 1.88. The van der Waals surface area contributed by atoms with Crippen LogP contribution in [0.1, 0.15) is 10.5 Å². The Morgan fingerprint density at radius 2 is 1.88 bits per heavy atom. The largest absolute Gasteiger partial charge is 0.370 e. The first kappa shape index (κ1) is 10.1. The Morgan fingerprint density at radius 3 is 2.56 bits per heavy atom. The Kier molecular flexibility index (Phi) is 2.51. The average Bonchev–Trinajstić information content (AvgIpc) is 2.27. The minimum absolute atomic E-state index is 0.229. The van der Waals surface area contributed by atoms with Crippen molar-refractivity contribution in [2.24, 2.45) is 16.5 Å².